The maximum absolute atomic E-state index is 13.1. The fourth-order valence-corrected chi connectivity index (χ4v) is 3.86. The van der Waals surface area contributed by atoms with E-state index in [1.807, 2.05) is 19.1 Å². The average molecular weight is 391 g/mol. The molecule has 6 heteroatoms. The van der Waals surface area contributed by atoms with E-state index in [9.17, 15) is 8.42 Å². The summed E-state index contributed by atoms with van der Waals surface area (Å²) in [7, 11) is -3.83. The second kappa shape index (κ2) is 8.74. The molecular weight excluding hydrogens is 360 g/mol. The third kappa shape index (κ3) is 5.70. The number of nitrogens with one attached hydrogen (secondary N) is 1. The first-order chi connectivity index (χ1) is 12.6. The zero-order valence-corrected chi connectivity index (χ0v) is 17.7. The minimum absolute atomic E-state index is 0.150. The summed E-state index contributed by atoms with van der Waals surface area (Å²) in [4.78, 5) is 4.29. The molecule has 0 bridgehead atoms. The zero-order chi connectivity index (χ0) is 20.1. The fourth-order valence-electron chi connectivity index (χ4n) is 2.61. The van der Waals surface area contributed by atoms with Crippen LogP contribution >= 0.6 is 0 Å². The number of sulfonamides is 1. The molecule has 2 rings (SSSR count). The highest BCUT2D eigenvalue weighted by molar-refractivity contribution is 7.92. The van der Waals surface area contributed by atoms with Gasteiger partial charge in [0.15, 0.2) is 0 Å². The van der Waals surface area contributed by atoms with Crippen molar-refractivity contribution in [2.75, 3.05) is 11.3 Å². The average Bonchev–Trinajstić information content (AvgIpc) is 2.60. The first-order valence-corrected chi connectivity index (χ1v) is 10.8. The lowest BCUT2D eigenvalue weighted by Gasteiger charge is -2.22. The SMILES string of the molecule is CCCCCOc1ccc(C(C)(C)C)cc1S(=O)(=O)Nc1ncccc1C. The van der Waals surface area contributed by atoms with Crippen molar-refractivity contribution in [3.05, 3.63) is 47.7 Å². The van der Waals surface area contributed by atoms with E-state index in [1.165, 1.54) is 0 Å². The van der Waals surface area contributed by atoms with E-state index in [-0.39, 0.29) is 10.3 Å². The number of pyridine rings is 1. The second-order valence-electron chi connectivity index (χ2n) is 7.74. The number of hydrogen-bond donors (Lipinski definition) is 1. The van der Waals surface area contributed by atoms with Crippen LogP contribution in [0.4, 0.5) is 5.82 Å². The number of unbranched alkanes of at least 4 members (excludes halogenated alkanes) is 2. The van der Waals surface area contributed by atoms with Crippen LogP contribution < -0.4 is 9.46 Å². The van der Waals surface area contributed by atoms with Gasteiger partial charge in [-0.2, -0.15) is 0 Å². The molecule has 1 N–H and O–H groups in total. The molecule has 1 aromatic heterocycles. The highest BCUT2D eigenvalue weighted by atomic mass is 32.2. The summed E-state index contributed by atoms with van der Waals surface area (Å²) >= 11 is 0. The standard InChI is InChI=1S/C21H30N2O3S/c1-6-7-8-14-26-18-12-11-17(21(3,4)5)15-19(18)27(24,25)23-20-16(2)10-9-13-22-20/h9-13,15H,6-8,14H2,1-5H3,(H,22,23). The summed E-state index contributed by atoms with van der Waals surface area (Å²) in [6, 6.07) is 8.98. The molecule has 0 aliphatic heterocycles. The molecule has 5 nitrogen and oxygen atoms in total. The van der Waals surface area contributed by atoms with Crippen molar-refractivity contribution in [1.82, 2.24) is 4.98 Å². The van der Waals surface area contributed by atoms with Gasteiger partial charge < -0.3 is 4.74 Å². The molecule has 0 fully saturated rings. The van der Waals surface area contributed by atoms with Crippen LogP contribution in [-0.2, 0) is 15.4 Å². The lowest BCUT2D eigenvalue weighted by Crippen LogP contribution is -2.18. The Morgan fingerprint density at radius 2 is 1.89 bits per heavy atom. The lowest BCUT2D eigenvalue weighted by atomic mass is 9.87. The van der Waals surface area contributed by atoms with E-state index < -0.39 is 10.0 Å². The number of benzene rings is 1. The first kappa shape index (κ1) is 21.2. The largest absolute Gasteiger partial charge is 0.492 e. The van der Waals surface area contributed by atoms with Crippen molar-refractivity contribution in [3.63, 3.8) is 0 Å². The minimum Gasteiger partial charge on any atom is -0.492 e. The summed E-state index contributed by atoms with van der Waals surface area (Å²) in [5.74, 6) is 0.704. The quantitative estimate of drug-likeness (QED) is 0.640. The van der Waals surface area contributed by atoms with Crippen LogP contribution in [0.25, 0.3) is 0 Å². The molecule has 0 radical (unpaired) electrons. The Morgan fingerprint density at radius 3 is 2.52 bits per heavy atom. The van der Waals surface area contributed by atoms with Gasteiger partial charge in [0.05, 0.1) is 6.61 Å². The maximum atomic E-state index is 13.1. The van der Waals surface area contributed by atoms with Gasteiger partial charge in [0, 0.05) is 6.20 Å². The van der Waals surface area contributed by atoms with Gasteiger partial charge in [-0.1, -0.05) is 52.7 Å². The van der Waals surface area contributed by atoms with Crippen LogP contribution in [0.1, 0.15) is 58.1 Å². The number of nitrogens with zero attached hydrogens (tertiary/aromatic N) is 1. The van der Waals surface area contributed by atoms with Gasteiger partial charge in [0.2, 0.25) is 0 Å². The lowest BCUT2D eigenvalue weighted by molar-refractivity contribution is 0.298. The Bertz CT molecular complexity index is 871. The van der Waals surface area contributed by atoms with E-state index >= 15 is 0 Å². The molecule has 0 aliphatic rings. The number of anilines is 1. The normalized spacial score (nSPS) is 12.0. The van der Waals surface area contributed by atoms with Gasteiger partial charge in [-0.05, 0) is 48.1 Å². The Hall–Kier alpha value is -2.08. The van der Waals surface area contributed by atoms with E-state index in [2.05, 4.69) is 37.4 Å². The van der Waals surface area contributed by atoms with Gasteiger partial charge in [-0.3, -0.25) is 4.72 Å². The van der Waals surface area contributed by atoms with Crippen molar-refractivity contribution in [2.45, 2.75) is 64.2 Å². The molecule has 148 valence electrons. The van der Waals surface area contributed by atoms with Gasteiger partial charge in [0.1, 0.15) is 16.5 Å². The monoisotopic (exact) mass is 390 g/mol. The van der Waals surface area contributed by atoms with Gasteiger partial charge in [0.25, 0.3) is 10.0 Å². The highest BCUT2D eigenvalue weighted by Crippen LogP contribution is 2.32. The predicted molar refractivity (Wildman–Crippen MR) is 110 cm³/mol. The molecule has 1 heterocycles. The van der Waals surface area contributed by atoms with Crippen LogP contribution in [0, 0.1) is 6.92 Å². The number of hydrogen-bond acceptors (Lipinski definition) is 4. The summed E-state index contributed by atoms with van der Waals surface area (Å²) < 4.78 is 34.6. The molecule has 0 spiro atoms. The van der Waals surface area contributed by atoms with Crippen molar-refractivity contribution in [1.29, 1.82) is 0 Å². The number of ether oxygens (including phenoxy) is 1. The molecule has 0 aliphatic carbocycles. The Balaban J connectivity index is 2.41. The minimum atomic E-state index is -3.83. The summed E-state index contributed by atoms with van der Waals surface area (Å²) in [6.07, 6.45) is 4.59. The molecule has 0 saturated carbocycles. The van der Waals surface area contributed by atoms with Crippen molar-refractivity contribution < 1.29 is 13.2 Å². The topological polar surface area (TPSA) is 68.3 Å². The second-order valence-corrected chi connectivity index (χ2v) is 9.39. The van der Waals surface area contributed by atoms with Crippen LogP contribution in [-0.4, -0.2) is 20.0 Å². The van der Waals surface area contributed by atoms with Crippen LogP contribution in [0.2, 0.25) is 0 Å². The van der Waals surface area contributed by atoms with Crippen LogP contribution in [0.3, 0.4) is 0 Å². The van der Waals surface area contributed by atoms with E-state index in [1.54, 1.807) is 24.4 Å². The Kier molecular flexibility index (Phi) is 6.87. The summed E-state index contributed by atoms with van der Waals surface area (Å²) in [5, 5.41) is 0. The van der Waals surface area contributed by atoms with E-state index in [0.717, 1.165) is 30.4 Å². The maximum Gasteiger partial charge on any atom is 0.266 e. The zero-order valence-electron chi connectivity index (χ0n) is 16.9. The molecule has 0 amide bonds. The molecule has 0 saturated heterocycles. The molecule has 2 aromatic rings. The Morgan fingerprint density at radius 1 is 1.15 bits per heavy atom. The van der Waals surface area contributed by atoms with Crippen molar-refractivity contribution in [3.8, 4) is 5.75 Å². The van der Waals surface area contributed by atoms with Crippen molar-refractivity contribution in [2.24, 2.45) is 0 Å². The molecule has 0 atom stereocenters. The summed E-state index contributed by atoms with van der Waals surface area (Å²) in [6.45, 7) is 10.6. The number of rotatable bonds is 8. The highest BCUT2D eigenvalue weighted by Gasteiger charge is 2.24. The molecular formula is C21H30N2O3S. The molecule has 27 heavy (non-hydrogen) atoms. The summed E-state index contributed by atoms with van der Waals surface area (Å²) in [5.41, 5.74) is 1.52. The predicted octanol–water partition coefficient (Wildman–Crippen LogP) is 5.06. The Labute approximate surface area is 163 Å². The third-order valence-corrected chi connectivity index (χ3v) is 5.71. The third-order valence-electron chi connectivity index (χ3n) is 4.35. The smallest absolute Gasteiger partial charge is 0.266 e. The first-order valence-electron chi connectivity index (χ1n) is 9.37. The van der Waals surface area contributed by atoms with Crippen molar-refractivity contribution >= 4 is 15.8 Å². The molecule has 1 aromatic carbocycles. The van der Waals surface area contributed by atoms with Gasteiger partial charge in [-0.25, -0.2) is 13.4 Å². The van der Waals surface area contributed by atoms with E-state index in [4.69, 9.17) is 4.74 Å². The van der Waals surface area contributed by atoms with Gasteiger partial charge >= 0.3 is 0 Å². The number of aryl methyl sites for hydroxylation is 1. The molecule has 0 unspecified atom stereocenters. The van der Waals surface area contributed by atoms with Crippen LogP contribution in [0.15, 0.2) is 41.4 Å². The van der Waals surface area contributed by atoms with Gasteiger partial charge in [-0.15, -0.1) is 0 Å². The number of aromatic nitrogens is 1. The van der Waals surface area contributed by atoms with E-state index in [0.29, 0.717) is 18.2 Å². The van der Waals surface area contributed by atoms with Crippen LogP contribution in [0.5, 0.6) is 5.75 Å². The fraction of sp³-hybridized carbons (Fsp3) is 0.476.